The first-order valence-electron chi connectivity index (χ1n) is 11.4. The summed E-state index contributed by atoms with van der Waals surface area (Å²) < 4.78 is 5.69. The molecule has 32 heavy (non-hydrogen) atoms. The molecule has 5 heteroatoms. The molecule has 1 unspecified atom stereocenters. The summed E-state index contributed by atoms with van der Waals surface area (Å²) in [6.45, 7) is 13.2. The minimum absolute atomic E-state index is 0.269. The summed E-state index contributed by atoms with van der Waals surface area (Å²) in [5, 5.41) is 0. The first-order valence-corrected chi connectivity index (χ1v) is 11.4. The molecule has 0 bridgehead atoms. The smallest absolute Gasteiger partial charge is 0.130 e. The van der Waals surface area contributed by atoms with Crippen molar-refractivity contribution < 1.29 is 4.74 Å². The summed E-state index contributed by atoms with van der Waals surface area (Å²) in [5.41, 5.74) is 7.83. The molecule has 1 fully saturated rings. The molecule has 2 aromatic rings. The third-order valence-electron chi connectivity index (χ3n) is 6.10. The van der Waals surface area contributed by atoms with Gasteiger partial charge in [0.25, 0.3) is 0 Å². The Morgan fingerprint density at radius 1 is 1.19 bits per heavy atom. The number of aromatic nitrogens is 1. The number of aliphatic imine (C=N–C) groups is 2. The van der Waals surface area contributed by atoms with Crippen LogP contribution in [0.1, 0.15) is 37.6 Å². The fraction of sp³-hybridized carbons (Fsp3) is 0.444. The minimum atomic E-state index is 0.269. The van der Waals surface area contributed by atoms with Crippen LogP contribution in [0.25, 0.3) is 11.1 Å². The van der Waals surface area contributed by atoms with Crippen LogP contribution < -0.4 is 4.90 Å². The van der Waals surface area contributed by atoms with Gasteiger partial charge in [-0.2, -0.15) is 0 Å². The Labute approximate surface area is 193 Å². The van der Waals surface area contributed by atoms with Gasteiger partial charge in [0.15, 0.2) is 0 Å². The van der Waals surface area contributed by atoms with Crippen LogP contribution in [0.4, 0.5) is 5.82 Å². The monoisotopic (exact) mass is 432 g/mol. The average molecular weight is 433 g/mol. The van der Waals surface area contributed by atoms with Gasteiger partial charge in [-0.3, -0.25) is 9.98 Å². The lowest BCUT2D eigenvalue weighted by molar-refractivity contribution is 0.0985. The lowest BCUT2D eigenvalue weighted by Crippen LogP contribution is -2.44. The van der Waals surface area contributed by atoms with Crippen molar-refractivity contribution in [3.8, 4) is 11.1 Å². The van der Waals surface area contributed by atoms with Crippen molar-refractivity contribution in [1.82, 2.24) is 4.98 Å². The van der Waals surface area contributed by atoms with E-state index >= 15 is 0 Å². The van der Waals surface area contributed by atoms with E-state index < -0.39 is 0 Å². The van der Waals surface area contributed by atoms with Gasteiger partial charge in [-0.1, -0.05) is 38.1 Å². The van der Waals surface area contributed by atoms with Crippen molar-refractivity contribution in [1.29, 1.82) is 0 Å². The van der Waals surface area contributed by atoms with Crippen LogP contribution in [0.3, 0.4) is 0 Å². The topological polar surface area (TPSA) is 50.1 Å². The van der Waals surface area contributed by atoms with Crippen LogP contribution in [0, 0.1) is 19.8 Å². The number of rotatable bonds is 6. The zero-order valence-electron chi connectivity index (χ0n) is 20.5. The fourth-order valence-corrected chi connectivity index (χ4v) is 4.27. The molecular formula is C27H36N4O. The molecule has 0 amide bonds. The molecule has 3 rings (SSSR count). The third-order valence-corrected chi connectivity index (χ3v) is 6.10. The van der Waals surface area contributed by atoms with Gasteiger partial charge < -0.3 is 9.64 Å². The SMILES string of the molecule is CN=C/C=C(/C(=NC)c1nc(N2CCOCC2C)cc(-c2ccccc2C)c1C)C(C)C. The molecule has 2 heterocycles. The minimum Gasteiger partial charge on any atom is -0.377 e. The van der Waals surface area contributed by atoms with E-state index in [9.17, 15) is 0 Å². The number of pyridine rings is 1. The van der Waals surface area contributed by atoms with Crippen LogP contribution in [0.2, 0.25) is 0 Å². The van der Waals surface area contributed by atoms with Crippen LogP contribution in [0.15, 0.2) is 52.0 Å². The molecule has 1 aliphatic rings. The zero-order valence-corrected chi connectivity index (χ0v) is 20.5. The van der Waals surface area contributed by atoms with Gasteiger partial charge in [0.2, 0.25) is 0 Å². The van der Waals surface area contributed by atoms with Gasteiger partial charge in [0.1, 0.15) is 5.82 Å². The number of hydrogen-bond acceptors (Lipinski definition) is 5. The van der Waals surface area contributed by atoms with E-state index in [1.54, 1.807) is 7.05 Å². The Hall–Kier alpha value is -2.79. The fourth-order valence-electron chi connectivity index (χ4n) is 4.27. The second-order valence-electron chi connectivity index (χ2n) is 8.69. The second-order valence-corrected chi connectivity index (χ2v) is 8.69. The van der Waals surface area contributed by atoms with Crippen molar-refractivity contribution in [2.24, 2.45) is 15.9 Å². The van der Waals surface area contributed by atoms with Crippen LogP contribution in [0.5, 0.6) is 0 Å². The Balaban J connectivity index is 2.28. The molecule has 0 aliphatic carbocycles. The van der Waals surface area contributed by atoms with E-state index in [-0.39, 0.29) is 6.04 Å². The predicted molar refractivity (Wildman–Crippen MR) is 137 cm³/mol. The molecule has 1 aromatic carbocycles. The first kappa shape index (κ1) is 23.9. The highest BCUT2D eigenvalue weighted by Gasteiger charge is 2.25. The highest BCUT2D eigenvalue weighted by atomic mass is 16.5. The Kier molecular flexibility index (Phi) is 7.97. The van der Waals surface area contributed by atoms with Crippen molar-refractivity contribution in [2.45, 2.75) is 40.7 Å². The highest BCUT2D eigenvalue weighted by Crippen LogP contribution is 2.33. The highest BCUT2D eigenvalue weighted by molar-refractivity contribution is 6.14. The number of nitrogens with zero attached hydrogens (tertiary/aromatic N) is 4. The number of morpholine rings is 1. The van der Waals surface area contributed by atoms with Crippen molar-refractivity contribution in [3.05, 3.63) is 58.8 Å². The molecular weight excluding hydrogens is 396 g/mol. The number of anilines is 1. The Morgan fingerprint density at radius 3 is 2.56 bits per heavy atom. The lowest BCUT2D eigenvalue weighted by atomic mass is 9.90. The van der Waals surface area contributed by atoms with Gasteiger partial charge in [0.05, 0.1) is 30.7 Å². The third kappa shape index (κ3) is 4.99. The van der Waals surface area contributed by atoms with E-state index in [0.29, 0.717) is 19.1 Å². The van der Waals surface area contributed by atoms with Gasteiger partial charge in [0, 0.05) is 26.9 Å². The quantitative estimate of drug-likeness (QED) is 0.583. The number of benzene rings is 1. The predicted octanol–water partition coefficient (Wildman–Crippen LogP) is 5.29. The average Bonchev–Trinajstić information content (AvgIpc) is 2.78. The van der Waals surface area contributed by atoms with Crippen LogP contribution >= 0.6 is 0 Å². The molecule has 5 nitrogen and oxygen atoms in total. The van der Waals surface area contributed by atoms with Crippen molar-refractivity contribution in [3.63, 3.8) is 0 Å². The normalized spacial score (nSPS) is 18.1. The van der Waals surface area contributed by atoms with E-state index in [1.165, 1.54) is 16.7 Å². The molecule has 1 aliphatic heterocycles. The Morgan fingerprint density at radius 2 is 1.94 bits per heavy atom. The number of hydrogen-bond donors (Lipinski definition) is 0. The molecule has 0 N–H and O–H groups in total. The standard InChI is InChI=1S/C27H36N4O/c1-18(2)22(12-13-28-6)27(29-7)26-21(5)24(23-11-9-8-10-19(23)3)16-25(30-26)31-14-15-32-17-20(31)4/h8-13,16,18,20H,14-15,17H2,1-7H3/b22-12+,28-13?,29-27?. The van der Waals surface area contributed by atoms with Crippen LogP contribution in [-0.2, 0) is 4.74 Å². The van der Waals surface area contributed by atoms with E-state index in [0.717, 1.165) is 34.9 Å². The number of allylic oxidation sites excluding steroid dienone is 2. The summed E-state index contributed by atoms with van der Waals surface area (Å²) in [5.74, 6) is 1.27. The second kappa shape index (κ2) is 10.7. The van der Waals surface area contributed by atoms with Gasteiger partial charge in [-0.05, 0) is 66.7 Å². The Bertz CT molecular complexity index is 1040. The molecule has 1 saturated heterocycles. The largest absolute Gasteiger partial charge is 0.377 e. The molecule has 1 atom stereocenters. The lowest BCUT2D eigenvalue weighted by Gasteiger charge is -2.35. The van der Waals surface area contributed by atoms with E-state index in [4.69, 9.17) is 14.7 Å². The summed E-state index contributed by atoms with van der Waals surface area (Å²) in [6.07, 6.45) is 3.90. The maximum Gasteiger partial charge on any atom is 0.130 e. The number of ether oxygens (including phenoxy) is 1. The van der Waals surface area contributed by atoms with Crippen molar-refractivity contribution in [2.75, 3.05) is 38.8 Å². The van der Waals surface area contributed by atoms with E-state index in [1.807, 2.05) is 13.3 Å². The molecule has 170 valence electrons. The van der Waals surface area contributed by atoms with Gasteiger partial charge in [-0.15, -0.1) is 0 Å². The molecule has 1 aromatic heterocycles. The van der Waals surface area contributed by atoms with Gasteiger partial charge >= 0.3 is 0 Å². The zero-order chi connectivity index (χ0) is 23.3. The summed E-state index contributed by atoms with van der Waals surface area (Å²) in [7, 11) is 3.64. The molecule has 0 spiro atoms. The van der Waals surface area contributed by atoms with Crippen LogP contribution in [-0.4, -0.2) is 56.8 Å². The van der Waals surface area contributed by atoms with Gasteiger partial charge in [-0.25, -0.2) is 4.98 Å². The summed E-state index contributed by atoms with van der Waals surface area (Å²) in [4.78, 5) is 16.5. The molecule has 0 saturated carbocycles. The van der Waals surface area contributed by atoms with Crippen molar-refractivity contribution >= 4 is 17.7 Å². The number of aryl methyl sites for hydroxylation is 1. The maximum absolute atomic E-state index is 5.69. The molecule has 0 radical (unpaired) electrons. The maximum atomic E-state index is 5.69. The summed E-state index contributed by atoms with van der Waals surface area (Å²) in [6, 6.07) is 11.1. The van der Waals surface area contributed by atoms with E-state index in [2.05, 4.69) is 80.9 Å². The summed E-state index contributed by atoms with van der Waals surface area (Å²) >= 11 is 0. The first-order chi connectivity index (χ1) is 15.4.